The Morgan fingerprint density at radius 3 is 2.83 bits per heavy atom. The molecule has 0 saturated heterocycles. The minimum absolute atomic E-state index is 0.283. The summed E-state index contributed by atoms with van der Waals surface area (Å²) in [6.07, 6.45) is 0.283. The molecule has 0 fully saturated rings. The van der Waals surface area contributed by atoms with Gasteiger partial charge in [0.15, 0.2) is 0 Å². The number of esters is 1. The molecule has 0 aliphatic rings. The summed E-state index contributed by atoms with van der Waals surface area (Å²) < 4.78 is 17.9. The van der Waals surface area contributed by atoms with Gasteiger partial charge in [-0.2, -0.15) is 0 Å². The number of ether oxygens (including phenoxy) is 1. The number of hydrogen-bond donors (Lipinski definition) is 1. The van der Waals surface area contributed by atoms with E-state index in [1.807, 2.05) is 0 Å². The molecule has 1 N–H and O–H groups in total. The van der Waals surface area contributed by atoms with Gasteiger partial charge in [-0.25, -0.2) is 14.2 Å². The highest BCUT2D eigenvalue weighted by Gasteiger charge is 2.10. The van der Waals surface area contributed by atoms with Crippen LogP contribution in [0.1, 0.15) is 21.7 Å². The molecule has 0 aliphatic heterocycles. The first-order valence-electron chi connectivity index (χ1n) is 6.92. The molecule has 0 amide bonds. The Morgan fingerprint density at radius 1 is 1.26 bits per heavy atom. The second-order valence-corrected chi connectivity index (χ2v) is 5.04. The van der Waals surface area contributed by atoms with Crippen LogP contribution in [-0.4, -0.2) is 23.0 Å². The minimum atomic E-state index is -0.499. The zero-order valence-corrected chi connectivity index (χ0v) is 12.3. The number of carbonyl (C=O) groups is 1. The summed E-state index contributed by atoms with van der Waals surface area (Å²) in [7, 11) is 1.28. The van der Waals surface area contributed by atoms with Crippen molar-refractivity contribution in [2.24, 2.45) is 0 Å². The molecule has 0 saturated carbocycles. The van der Waals surface area contributed by atoms with Crippen LogP contribution in [0, 0.1) is 5.82 Å². The van der Waals surface area contributed by atoms with E-state index in [4.69, 9.17) is 0 Å². The van der Waals surface area contributed by atoms with Gasteiger partial charge in [0.25, 0.3) is 5.56 Å². The number of halogens is 1. The van der Waals surface area contributed by atoms with E-state index in [0.29, 0.717) is 27.9 Å². The molecule has 116 valence electrons. The Bertz CT molecular complexity index is 950. The Morgan fingerprint density at radius 2 is 2.09 bits per heavy atom. The van der Waals surface area contributed by atoms with Crippen molar-refractivity contribution in [3.8, 4) is 0 Å². The lowest BCUT2D eigenvalue weighted by atomic mass is 10.1. The number of aromatic amines is 1. The first-order chi connectivity index (χ1) is 11.1. The van der Waals surface area contributed by atoms with Crippen LogP contribution in [0.5, 0.6) is 0 Å². The maximum absolute atomic E-state index is 13.2. The van der Waals surface area contributed by atoms with Gasteiger partial charge in [0.2, 0.25) is 0 Å². The van der Waals surface area contributed by atoms with Gasteiger partial charge in [0, 0.05) is 6.42 Å². The maximum atomic E-state index is 13.2. The van der Waals surface area contributed by atoms with Gasteiger partial charge in [0.05, 0.1) is 23.6 Å². The van der Waals surface area contributed by atoms with Crippen molar-refractivity contribution >= 4 is 16.9 Å². The Kier molecular flexibility index (Phi) is 3.89. The van der Waals surface area contributed by atoms with Crippen LogP contribution in [-0.2, 0) is 11.2 Å². The summed E-state index contributed by atoms with van der Waals surface area (Å²) in [5, 5.41) is 0.376. The molecule has 0 bridgehead atoms. The van der Waals surface area contributed by atoms with Crippen LogP contribution in [0.3, 0.4) is 0 Å². The molecule has 1 heterocycles. The summed E-state index contributed by atoms with van der Waals surface area (Å²) in [5.74, 6) is -0.450. The maximum Gasteiger partial charge on any atom is 0.337 e. The number of benzene rings is 2. The minimum Gasteiger partial charge on any atom is -0.465 e. The predicted octanol–water partition coefficient (Wildman–Crippen LogP) is 2.44. The van der Waals surface area contributed by atoms with Crippen molar-refractivity contribution in [3.05, 3.63) is 75.6 Å². The number of rotatable bonds is 3. The number of carbonyl (C=O) groups excluding carboxylic acids is 1. The second kappa shape index (κ2) is 6.00. The second-order valence-electron chi connectivity index (χ2n) is 5.04. The Hall–Kier alpha value is -3.02. The zero-order chi connectivity index (χ0) is 16.4. The van der Waals surface area contributed by atoms with Gasteiger partial charge >= 0.3 is 5.97 Å². The fraction of sp³-hybridized carbons (Fsp3) is 0.118. The van der Waals surface area contributed by atoms with Gasteiger partial charge < -0.3 is 9.72 Å². The van der Waals surface area contributed by atoms with E-state index in [9.17, 15) is 14.0 Å². The summed E-state index contributed by atoms with van der Waals surface area (Å²) in [5.41, 5.74) is 1.09. The number of fused-ring (bicyclic) bond motifs is 1. The van der Waals surface area contributed by atoms with Crippen LogP contribution in [0.4, 0.5) is 4.39 Å². The predicted molar refractivity (Wildman–Crippen MR) is 82.9 cm³/mol. The topological polar surface area (TPSA) is 72.1 Å². The molecule has 5 nitrogen and oxygen atoms in total. The average Bonchev–Trinajstić information content (AvgIpc) is 2.53. The van der Waals surface area contributed by atoms with Crippen molar-refractivity contribution in [2.75, 3.05) is 7.11 Å². The quantitative estimate of drug-likeness (QED) is 0.754. The number of H-pyrrole nitrogens is 1. The number of methoxy groups -OCH3 is 1. The van der Waals surface area contributed by atoms with Crippen LogP contribution in [0.2, 0.25) is 0 Å². The Labute approximate surface area is 130 Å². The van der Waals surface area contributed by atoms with Gasteiger partial charge in [-0.1, -0.05) is 12.1 Å². The lowest BCUT2D eigenvalue weighted by molar-refractivity contribution is 0.0601. The van der Waals surface area contributed by atoms with Crippen molar-refractivity contribution in [1.29, 1.82) is 0 Å². The molecule has 0 radical (unpaired) electrons. The van der Waals surface area contributed by atoms with E-state index in [-0.39, 0.29) is 17.8 Å². The van der Waals surface area contributed by atoms with Gasteiger partial charge in [-0.3, -0.25) is 4.79 Å². The molecule has 0 unspecified atom stereocenters. The smallest absolute Gasteiger partial charge is 0.337 e. The molecule has 2 aromatic carbocycles. The average molecular weight is 312 g/mol. The van der Waals surface area contributed by atoms with Gasteiger partial charge in [-0.15, -0.1) is 0 Å². The number of nitrogens with zero attached hydrogens (tertiary/aromatic N) is 1. The van der Waals surface area contributed by atoms with Gasteiger partial charge in [-0.05, 0) is 35.9 Å². The number of hydrogen-bond acceptors (Lipinski definition) is 4. The first kappa shape index (κ1) is 14.9. The summed E-state index contributed by atoms with van der Waals surface area (Å²) in [4.78, 5) is 30.7. The molecule has 6 heteroatoms. The van der Waals surface area contributed by atoms with Crippen molar-refractivity contribution < 1.29 is 13.9 Å². The molecule has 0 aliphatic carbocycles. The van der Waals surface area contributed by atoms with Gasteiger partial charge in [0.1, 0.15) is 11.6 Å². The number of aromatic nitrogens is 2. The van der Waals surface area contributed by atoms with E-state index in [1.54, 1.807) is 12.1 Å². The fourth-order valence-electron chi connectivity index (χ4n) is 2.36. The lowest BCUT2D eigenvalue weighted by Gasteiger charge is -2.05. The third-order valence-corrected chi connectivity index (χ3v) is 3.44. The SMILES string of the molecule is COC(=O)c1ccc2c(=O)[nH]c(Cc3cccc(F)c3)nc2c1. The molecular weight excluding hydrogens is 299 g/mol. The lowest BCUT2D eigenvalue weighted by Crippen LogP contribution is -2.13. The molecular formula is C17H13FN2O3. The van der Waals surface area contributed by atoms with Crippen molar-refractivity contribution in [3.63, 3.8) is 0 Å². The largest absolute Gasteiger partial charge is 0.465 e. The van der Waals surface area contributed by atoms with Crippen LogP contribution in [0.25, 0.3) is 10.9 Å². The van der Waals surface area contributed by atoms with E-state index in [0.717, 1.165) is 0 Å². The molecule has 0 spiro atoms. The molecule has 1 aromatic heterocycles. The van der Waals surface area contributed by atoms with Crippen LogP contribution < -0.4 is 5.56 Å². The highest BCUT2D eigenvalue weighted by Crippen LogP contribution is 2.13. The summed E-state index contributed by atoms with van der Waals surface area (Å²) in [6, 6.07) is 10.6. The molecule has 0 atom stereocenters. The standard InChI is InChI=1S/C17H13FN2O3/c1-23-17(22)11-5-6-13-14(9-11)19-15(20-16(13)21)8-10-3-2-4-12(18)7-10/h2-7,9H,8H2,1H3,(H,19,20,21). The van der Waals surface area contributed by atoms with Crippen LogP contribution >= 0.6 is 0 Å². The summed E-state index contributed by atoms with van der Waals surface area (Å²) in [6.45, 7) is 0. The third kappa shape index (κ3) is 3.11. The highest BCUT2D eigenvalue weighted by atomic mass is 19.1. The molecule has 3 rings (SSSR count). The van der Waals surface area contributed by atoms with Crippen LogP contribution in [0.15, 0.2) is 47.3 Å². The molecule has 23 heavy (non-hydrogen) atoms. The van der Waals surface area contributed by atoms with E-state index in [1.165, 1.54) is 37.4 Å². The first-order valence-corrected chi connectivity index (χ1v) is 6.92. The normalized spacial score (nSPS) is 10.7. The van der Waals surface area contributed by atoms with Crippen molar-refractivity contribution in [2.45, 2.75) is 6.42 Å². The molecule has 3 aromatic rings. The Balaban J connectivity index is 2.05. The third-order valence-electron chi connectivity index (χ3n) is 3.44. The van der Waals surface area contributed by atoms with E-state index >= 15 is 0 Å². The zero-order valence-electron chi connectivity index (χ0n) is 12.3. The monoisotopic (exact) mass is 312 g/mol. The van der Waals surface area contributed by atoms with Crippen molar-refractivity contribution in [1.82, 2.24) is 9.97 Å². The fourth-order valence-corrected chi connectivity index (χ4v) is 2.36. The highest BCUT2D eigenvalue weighted by molar-refractivity contribution is 5.93. The van der Waals surface area contributed by atoms with E-state index in [2.05, 4.69) is 14.7 Å². The number of nitrogens with one attached hydrogen (secondary N) is 1. The van der Waals surface area contributed by atoms with E-state index < -0.39 is 5.97 Å². The summed E-state index contributed by atoms with van der Waals surface area (Å²) >= 11 is 0.